The van der Waals surface area contributed by atoms with Gasteiger partial charge < -0.3 is 4.74 Å². The standard InChI is InChI=1S/C26H29N3O4S2/c1-17-14-29(15-18(2)33-17)35(31,32)23-11-9-20(10-12-23)25(30)28-26-27-24(16-34-26)22-8-7-19-5-3-4-6-21(19)13-22/h7-13,16-18H,3-6,14-15H2,1-2H3,(H,27,28,30). The maximum Gasteiger partial charge on any atom is 0.257 e. The highest BCUT2D eigenvalue weighted by Gasteiger charge is 2.32. The Morgan fingerprint density at radius 3 is 2.43 bits per heavy atom. The number of rotatable bonds is 5. The minimum Gasteiger partial charge on any atom is -0.373 e. The zero-order valence-corrected chi connectivity index (χ0v) is 21.5. The molecule has 35 heavy (non-hydrogen) atoms. The molecule has 9 heteroatoms. The van der Waals surface area contributed by atoms with E-state index in [1.165, 1.54) is 63.9 Å². The monoisotopic (exact) mass is 511 g/mol. The molecule has 1 aliphatic heterocycles. The molecule has 1 aromatic heterocycles. The smallest absolute Gasteiger partial charge is 0.257 e. The molecule has 1 saturated heterocycles. The van der Waals surface area contributed by atoms with Crippen molar-refractivity contribution in [3.8, 4) is 11.3 Å². The van der Waals surface area contributed by atoms with Crippen LogP contribution in [0.1, 0.15) is 48.2 Å². The van der Waals surface area contributed by atoms with E-state index >= 15 is 0 Å². The number of amides is 1. The number of carbonyl (C=O) groups is 1. The number of benzene rings is 2. The molecule has 0 saturated carbocycles. The van der Waals surface area contributed by atoms with Crippen LogP contribution in [0.3, 0.4) is 0 Å². The molecule has 0 spiro atoms. The first-order chi connectivity index (χ1) is 16.8. The van der Waals surface area contributed by atoms with E-state index in [0.29, 0.717) is 23.8 Å². The van der Waals surface area contributed by atoms with Gasteiger partial charge in [-0.05, 0) is 81.0 Å². The number of hydrogen-bond donors (Lipinski definition) is 1. The Labute approximate surface area is 210 Å². The number of nitrogens with zero attached hydrogens (tertiary/aromatic N) is 2. The number of morpholine rings is 1. The summed E-state index contributed by atoms with van der Waals surface area (Å²) in [7, 11) is -3.65. The van der Waals surface area contributed by atoms with Crippen LogP contribution in [0.4, 0.5) is 5.13 Å². The molecular formula is C26H29N3O4S2. The molecule has 2 aliphatic rings. The highest BCUT2D eigenvalue weighted by atomic mass is 32.2. The van der Waals surface area contributed by atoms with Crippen molar-refractivity contribution in [1.29, 1.82) is 0 Å². The number of ether oxygens (including phenoxy) is 1. The second-order valence-corrected chi connectivity index (χ2v) is 12.1. The fourth-order valence-corrected chi connectivity index (χ4v) is 7.09. The molecule has 7 nitrogen and oxygen atoms in total. The fraction of sp³-hybridized carbons (Fsp3) is 0.385. The quantitative estimate of drug-likeness (QED) is 0.535. The number of fused-ring (bicyclic) bond motifs is 1. The van der Waals surface area contributed by atoms with Gasteiger partial charge in [-0.25, -0.2) is 13.4 Å². The van der Waals surface area contributed by atoms with Crippen LogP contribution >= 0.6 is 11.3 Å². The van der Waals surface area contributed by atoms with Gasteiger partial charge in [-0.1, -0.05) is 12.1 Å². The van der Waals surface area contributed by atoms with Crippen LogP contribution in [0.2, 0.25) is 0 Å². The maximum absolute atomic E-state index is 13.0. The number of anilines is 1. The molecule has 3 aromatic rings. The van der Waals surface area contributed by atoms with Gasteiger partial charge in [0.15, 0.2) is 5.13 Å². The topological polar surface area (TPSA) is 88.6 Å². The third-order valence-electron chi connectivity index (χ3n) is 6.51. The molecule has 1 N–H and O–H groups in total. The van der Waals surface area contributed by atoms with Gasteiger partial charge in [-0.3, -0.25) is 10.1 Å². The summed E-state index contributed by atoms with van der Waals surface area (Å²) in [5, 5.41) is 5.29. The fourth-order valence-electron chi connectivity index (χ4n) is 4.78. The molecule has 2 unspecified atom stereocenters. The molecule has 0 bridgehead atoms. The van der Waals surface area contributed by atoms with Gasteiger partial charge in [-0.2, -0.15) is 4.31 Å². The van der Waals surface area contributed by atoms with Gasteiger partial charge in [0.1, 0.15) is 0 Å². The third kappa shape index (κ3) is 5.18. The van der Waals surface area contributed by atoms with Crippen molar-refractivity contribution in [2.45, 2.75) is 56.6 Å². The third-order valence-corrected chi connectivity index (χ3v) is 9.11. The predicted molar refractivity (Wildman–Crippen MR) is 137 cm³/mol. The Morgan fingerprint density at radius 1 is 1.03 bits per heavy atom. The first-order valence-corrected chi connectivity index (χ1v) is 14.3. The average Bonchev–Trinajstić information content (AvgIpc) is 3.31. The Kier molecular flexibility index (Phi) is 6.76. The van der Waals surface area contributed by atoms with Crippen LogP contribution < -0.4 is 5.32 Å². The minimum atomic E-state index is -3.65. The van der Waals surface area contributed by atoms with Crippen LogP contribution in [-0.2, 0) is 27.6 Å². The Balaban J connectivity index is 1.27. The summed E-state index contributed by atoms with van der Waals surface area (Å²) < 4.78 is 33.2. The number of thiazole rings is 1. The zero-order valence-electron chi connectivity index (χ0n) is 19.9. The second kappa shape index (κ2) is 9.81. The normalized spacial score (nSPS) is 20.9. The minimum absolute atomic E-state index is 0.164. The number of aryl methyl sites for hydroxylation is 2. The average molecular weight is 512 g/mol. The van der Waals surface area contributed by atoms with Crippen molar-refractivity contribution >= 4 is 32.4 Å². The van der Waals surface area contributed by atoms with Crippen LogP contribution in [0.25, 0.3) is 11.3 Å². The summed E-state index contributed by atoms with van der Waals surface area (Å²) in [6, 6.07) is 12.5. The summed E-state index contributed by atoms with van der Waals surface area (Å²) in [5.41, 5.74) is 5.09. The van der Waals surface area contributed by atoms with Gasteiger partial charge in [-0.15, -0.1) is 11.3 Å². The lowest BCUT2D eigenvalue weighted by atomic mass is 9.90. The van der Waals surface area contributed by atoms with Gasteiger partial charge in [0.2, 0.25) is 10.0 Å². The first kappa shape index (κ1) is 24.1. The van der Waals surface area contributed by atoms with Crippen molar-refractivity contribution in [2.24, 2.45) is 0 Å². The zero-order chi connectivity index (χ0) is 24.6. The van der Waals surface area contributed by atoms with Crippen molar-refractivity contribution < 1.29 is 17.9 Å². The summed E-state index contributed by atoms with van der Waals surface area (Å²) in [4.78, 5) is 17.5. The summed E-state index contributed by atoms with van der Waals surface area (Å²) in [6.45, 7) is 4.35. The van der Waals surface area contributed by atoms with E-state index < -0.39 is 10.0 Å². The molecule has 184 valence electrons. The van der Waals surface area contributed by atoms with E-state index in [1.807, 2.05) is 19.2 Å². The van der Waals surface area contributed by atoms with E-state index in [4.69, 9.17) is 4.74 Å². The first-order valence-electron chi connectivity index (χ1n) is 11.9. The van der Waals surface area contributed by atoms with E-state index in [0.717, 1.165) is 24.1 Å². The number of sulfonamides is 1. The van der Waals surface area contributed by atoms with Crippen molar-refractivity contribution in [2.75, 3.05) is 18.4 Å². The molecule has 2 aromatic carbocycles. The number of nitrogens with one attached hydrogen (secondary N) is 1. The SMILES string of the molecule is CC1CN(S(=O)(=O)c2ccc(C(=O)Nc3nc(-c4ccc5c(c4)CCCC5)cs3)cc2)CC(C)O1. The van der Waals surface area contributed by atoms with E-state index in [9.17, 15) is 13.2 Å². The molecule has 0 radical (unpaired) electrons. The summed E-state index contributed by atoms with van der Waals surface area (Å²) in [5.74, 6) is -0.325. The van der Waals surface area contributed by atoms with Crippen LogP contribution in [0.15, 0.2) is 52.7 Å². The van der Waals surface area contributed by atoms with Gasteiger partial charge in [0.05, 0.1) is 22.8 Å². The largest absolute Gasteiger partial charge is 0.373 e. The maximum atomic E-state index is 13.0. The van der Waals surface area contributed by atoms with E-state index in [-0.39, 0.29) is 23.0 Å². The van der Waals surface area contributed by atoms with Crippen molar-refractivity contribution in [3.05, 3.63) is 64.5 Å². The Bertz CT molecular complexity index is 1320. The lowest BCUT2D eigenvalue weighted by Gasteiger charge is -2.34. The lowest BCUT2D eigenvalue weighted by Crippen LogP contribution is -2.48. The van der Waals surface area contributed by atoms with E-state index in [2.05, 4.69) is 28.5 Å². The van der Waals surface area contributed by atoms with Gasteiger partial charge in [0.25, 0.3) is 5.91 Å². The highest BCUT2D eigenvalue weighted by Crippen LogP contribution is 2.30. The Hall–Kier alpha value is -2.59. The van der Waals surface area contributed by atoms with Crippen LogP contribution in [0.5, 0.6) is 0 Å². The van der Waals surface area contributed by atoms with E-state index in [1.54, 1.807) is 0 Å². The predicted octanol–water partition coefficient (Wildman–Crippen LogP) is 4.74. The molecule has 5 rings (SSSR count). The highest BCUT2D eigenvalue weighted by molar-refractivity contribution is 7.89. The van der Waals surface area contributed by atoms with Crippen molar-refractivity contribution in [1.82, 2.24) is 9.29 Å². The summed E-state index contributed by atoms with van der Waals surface area (Å²) >= 11 is 1.37. The van der Waals surface area contributed by atoms with Crippen LogP contribution in [0, 0.1) is 0 Å². The molecule has 1 amide bonds. The van der Waals surface area contributed by atoms with Crippen LogP contribution in [-0.4, -0.2) is 48.9 Å². The number of hydrogen-bond acceptors (Lipinski definition) is 6. The van der Waals surface area contributed by atoms with Gasteiger partial charge >= 0.3 is 0 Å². The summed E-state index contributed by atoms with van der Waals surface area (Å²) in [6.07, 6.45) is 4.38. The van der Waals surface area contributed by atoms with Gasteiger partial charge in [0, 0.05) is 29.6 Å². The van der Waals surface area contributed by atoms with Crippen molar-refractivity contribution in [3.63, 3.8) is 0 Å². The Morgan fingerprint density at radius 2 is 1.71 bits per heavy atom. The molecular weight excluding hydrogens is 482 g/mol. The molecule has 1 aliphatic carbocycles. The molecule has 2 heterocycles. The lowest BCUT2D eigenvalue weighted by molar-refractivity contribution is -0.0440. The number of aromatic nitrogens is 1. The second-order valence-electron chi connectivity index (χ2n) is 9.29. The molecule has 1 fully saturated rings. The number of carbonyl (C=O) groups excluding carboxylic acids is 1. The molecule has 2 atom stereocenters.